The minimum absolute atomic E-state index is 0.00333. The summed E-state index contributed by atoms with van der Waals surface area (Å²) in [7, 11) is 0. The molecule has 0 aliphatic carbocycles. The summed E-state index contributed by atoms with van der Waals surface area (Å²) in [5.74, 6) is 1.16. The molecule has 0 aromatic heterocycles. The van der Waals surface area contributed by atoms with Crippen LogP contribution in [0.25, 0.3) is 10.8 Å². The summed E-state index contributed by atoms with van der Waals surface area (Å²) >= 11 is 0. The molecule has 8 nitrogen and oxygen atoms in total. The summed E-state index contributed by atoms with van der Waals surface area (Å²) in [4.78, 5) is 12.7. The van der Waals surface area contributed by atoms with Crippen LogP contribution in [-0.2, 0) is 0 Å². The van der Waals surface area contributed by atoms with Crippen LogP contribution in [0.4, 0.5) is 28.4 Å². The second-order valence-electron chi connectivity index (χ2n) is 8.09. The first-order valence-corrected chi connectivity index (χ1v) is 11.4. The van der Waals surface area contributed by atoms with Gasteiger partial charge in [0.15, 0.2) is 5.75 Å². The van der Waals surface area contributed by atoms with E-state index >= 15 is 0 Å². The van der Waals surface area contributed by atoms with Crippen LogP contribution in [-0.4, -0.2) is 18.0 Å². The number of benzene rings is 4. The number of nitro groups is 1. The van der Waals surface area contributed by atoms with Crippen LogP contribution in [0.2, 0.25) is 0 Å². The Morgan fingerprint density at radius 3 is 2.37 bits per heavy atom. The molecular formula is C27H27N5O3. The maximum absolute atomic E-state index is 10.9. The number of rotatable bonds is 8. The van der Waals surface area contributed by atoms with Crippen LogP contribution in [0.15, 0.2) is 83.0 Å². The number of nitro benzene ring substituents is 1. The molecule has 0 saturated heterocycles. The molecule has 0 atom stereocenters. The highest BCUT2D eigenvalue weighted by molar-refractivity contribution is 5.91. The zero-order valence-electron chi connectivity index (χ0n) is 19.9. The third-order valence-electron chi connectivity index (χ3n) is 5.85. The first kappa shape index (κ1) is 23.7. The summed E-state index contributed by atoms with van der Waals surface area (Å²) < 4.78 is 6.31. The molecule has 35 heavy (non-hydrogen) atoms. The van der Waals surface area contributed by atoms with Gasteiger partial charge < -0.3 is 15.4 Å². The Bertz CT molecular complexity index is 1400. The monoisotopic (exact) mass is 469 g/mol. The highest BCUT2D eigenvalue weighted by atomic mass is 16.6. The fraction of sp³-hybridized carbons (Fsp3) is 0.185. The van der Waals surface area contributed by atoms with Crippen LogP contribution >= 0.6 is 0 Å². The summed E-state index contributed by atoms with van der Waals surface area (Å²) in [6, 6.07) is 21.7. The van der Waals surface area contributed by atoms with Crippen molar-refractivity contribution in [3.05, 3.63) is 88.5 Å². The second kappa shape index (κ2) is 10.2. The number of nitrogen functional groups attached to an aromatic ring is 1. The number of hydrogen-bond acceptors (Lipinski definition) is 7. The standard InChI is InChI=1S/C27H27N5O3/c1-4-31(5-2)22-13-14-23-19(16-22)7-6-8-26(23)35-27-17-24(28)18(3)15-25(27)30-29-20-9-11-21(12-10-20)32(33)34/h6-17H,4-5,28H2,1-3H3/b30-29+. The number of fused-ring (bicyclic) bond motifs is 1. The molecule has 0 amide bonds. The van der Waals surface area contributed by atoms with Gasteiger partial charge in [0.05, 0.1) is 10.6 Å². The molecule has 0 aliphatic rings. The van der Waals surface area contributed by atoms with E-state index in [4.69, 9.17) is 10.5 Å². The van der Waals surface area contributed by atoms with Gasteiger partial charge in [-0.15, -0.1) is 5.11 Å². The van der Waals surface area contributed by atoms with Gasteiger partial charge in [-0.2, -0.15) is 5.11 Å². The zero-order chi connectivity index (χ0) is 24.9. The Labute approximate surface area is 203 Å². The quantitative estimate of drug-likeness (QED) is 0.123. The van der Waals surface area contributed by atoms with Crippen LogP contribution < -0.4 is 15.4 Å². The van der Waals surface area contributed by atoms with Gasteiger partial charge in [0.25, 0.3) is 5.69 Å². The molecular weight excluding hydrogens is 442 g/mol. The predicted octanol–water partition coefficient (Wildman–Crippen LogP) is 7.69. The van der Waals surface area contributed by atoms with E-state index in [-0.39, 0.29) is 5.69 Å². The Morgan fingerprint density at radius 1 is 0.943 bits per heavy atom. The molecule has 4 rings (SSSR count). The number of anilines is 2. The SMILES string of the molecule is CCN(CC)c1ccc2c(Oc3cc(N)c(C)cc3/N=N/c3ccc([N+](=O)[O-])cc3)cccc2c1. The lowest BCUT2D eigenvalue weighted by Crippen LogP contribution is -2.21. The molecule has 0 aliphatic heterocycles. The first-order valence-electron chi connectivity index (χ1n) is 11.4. The van der Waals surface area contributed by atoms with Crippen molar-refractivity contribution in [2.24, 2.45) is 10.2 Å². The number of aryl methyl sites for hydroxylation is 1. The average molecular weight is 470 g/mol. The van der Waals surface area contributed by atoms with Crippen LogP contribution in [0.3, 0.4) is 0 Å². The van der Waals surface area contributed by atoms with Crippen LogP contribution in [0.5, 0.6) is 11.5 Å². The van der Waals surface area contributed by atoms with E-state index in [1.807, 2.05) is 25.1 Å². The lowest BCUT2D eigenvalue weighted by atomic mass is 10.1. The lowest BCUT2D eigenvalue weighted by molar-refractivity contribution is -0.384. The number of nitrogens with zero attached hydrogens (tertiary/aromatic N) is 4. The Hall–Kier alpha value is -4.46. The zero-order valence-corrected chi connectivity index (χ0v) is 19.9. The molecule has 0 heterocycles. The van der Waals surface area contributed by atoms with Gasteiger partial charge in [0.2, 0.25) is 0 Å². The van der Waals surface area contributed by atoms with Crippen molar-refractivity contribution < 1.29 is 9.66 Å². The van der Waals surface area contributed by atoms with Crippen molar-refractivity contribution in [2.75, 3.05) is 23.7 Å². The van der Waals surface area contributed by atoms with Gasteiger partial charge in [-0.05, 0) is 74.2 Å². The van der Waals surface area contributed by atoms with Crippen molar-refractivity contribution in [1.29, 1.82) is 0 Å². The van der Waals surface area contributed by atoms with E-state index in [9.17, 15) is 10.1 Å². The lowest BCUT2D eigenvalue weighted by Gasteiger charge is -2.21. The van der Waals surface area contributed by atoms with E-state index in [0.717, 1.165) is 35.1 Å². The molecule has 4 aromatic carbocycles. The third kappa shape index (κ3) is 5.22. The van der Waals surface area contributed by atoms with E-state index < -0.39 is 4.92 Å². The topological polar surface area (TPSA) is 106 Å². The van der Waals surface area contributed by atoms with Crippen molar-refractivity contribution >= 4 is 39.2 Å². The largest absolute Gasteiger partial charge is 0.454 e. The van der Waals surface area contributed by atoms with Gasteiger partial charge in [-0.1, -0.05) is 12.1 Å². The minimum Gasteiger partial charge on any atom is -0.454 e. The van der Waals surface area contributed by atoms with Gasteiger partial charge >= 0.3 is 0 Å². The fourth-order valence-corrected chi connectivity index (χ4v) is 3.84. The number of hydrogen-bond donors (Lipinski definition) is 1. The highest BCUT2D eigenvalue weighted by Gasteiger charge is 2.12. The van der Waals surface area contributed by atoms with E-state index in [0.29, 0.717) is 28.6 Å². The molecule has 0 saturated carbocycles. The minimum atomic E-state index is -0.453. The molecule has 0 radical (unpaired) electrons. The number of azo groups is 1. The predicted molar refractivity (Wildman–Crippen MR) is 140 cm³/mol. The maximum Gasteiger partial charge on any atom is 0.269 e. The molecule has 0 unspecified atom stereocenters. The molecule has 4 aromatic rings. The Morgan fingerprint density at radius 2 is 1.69 bits per heavy atom. The number of non-ortho nitro benzene ring substituents is 1. The van der Waals surface area contributed by atoms with Crippen molar-refractivity contribution in [2.45, 2.75) is 20.8 Å². The first-order chi connectivity index (χ1) is 16.9. The number of nitrogens with two attached hydrogens (primary N) is 1. The second-order valence-corrected chi connectivity index (χ2v) is 8.09. The van der Waals surface area contributed by atoms with Crippen LogP contribution in [0, 0.1) is 17.0 Å². The summed E-state index contributed by atoms with van der Waals surface area (Å²) in [5.41, 5.74) is 9.75. The van der Waals surface area contributed by atoms with Crippen LogP contribution in [0.1, 0.15) is 19.4 Å². The Kier molecular flexibility index (Phi) is 6.91. The molecule has 0 fully saturated rings. The van der Waals surface area contributed by atoms with E-state index in [2.05, 4.69) is 53.2 Å². The van der Waals surface area contributed by atoms with E-state index in [1.54, 1.807) is 18.2 Å². The fourth-order valence-electron chi connectivity index (χ4n) is 3.84. The molecule has 0 spiro atoms. The summed E-state index contributed by atoms with van der Waals surface area (Å²) in [6.07, 6.45) is 0. The average Bonchev–Trinajstić information content (AvgIpc) is 2.86. The van der Waals surface area contributed by atoms with Gasteiger partial charge in [0, 0.05) is 48.0 Å². The van der Waals surface area contributed by atoms with E-state index in [1.165, 1.54) is 12.1 Å². The number of ether oxygens (including phenoxy) is 1. The molecule has 0 bridgehead atoms. The molecule has 2 N–H and O–H groups in total. The van der Waals surface area contributed by atoms with Crippen molar-refractivity contribution in [3.8, 4) is 11.5 Å². The summed E-state index contributed by atoms with van der Waals surface area (Å²) in [6.45, 7) is 8.04. The van der Waals surface area contributed by atoms with Gasteiger partial charge in [0.1, 0.15) is 11.4 Å². The highest BCUT2D eigenvalue weighted by Crippen LogP contribution is 2.39. The van der Waals surface area contributed by atoms with Gasteiger partial charge in [-0.3, -0.25) is 10.1 Å². The van der Waals surface area contributed by atoms with Gasteiger partial charge in [-0.25, -0.2) is 0 Å². The molecule has 8 heteroatoms. The van der Waals surface area contributed by atoms with Crippen molar-refractivity contribution in [3.63, 3.8) is 0 Å². The third-order valence-corrected chi connectivity index (χ3v) is 5.85. The summed E-state index contributed by atoms with van der Waals surface area (Å²) in [5, 5.41) is 21.5. The normalized spacial score (nSPS) is 11.2. The Balaban J connectivity index is 1.69. The smallest absolute Gasteiger partial charge is 0.269 e. The van der Waals surface area contributed by atoms with Crippen molar-refractivity contribution in [1.82, 2.24) is 0 Å². The molecule has 178 valence electrons. The maximum atomic E-state index is 10.9.